The highest BCUT2D eigenvalue weighted by molar-refractivity contribution is 5.75. The number of nitrogens with one attached hydrogen (secondary N) is 1. The second-order valence-electron chi connectivity index (χ2n) is 5.17. The summed E-state index contributed by atoms with van der Waals surface area (Å²) in [4.78, 5) is 11.5. The van der Waals surface area contributed by atoms with Crippen LogP contribution in [0.15, 0.2) is 0 Å². The Morgan fingerprint density at radius 2 is 2.12 bits per heavy atom. The molecule has 0 aromatic heterocycles. The van der Waals surface area contributed by atoms with Gasteiger partial charge in [-0.25, -0.2) is 0 Å². The van der Waals surface area contributed by atoms with Gasteiger partial charge in [0.2, 0.25) is 5.91 Å². The number of hydrogen-bond acceptors (Lipinski definition) is 3. The van der Waals surface area contributed by atoms with Gasteiger partial charge in [-0.2, -0.15) is 0 Å². The summed E-state index contributed by atoms with van der Waals surface area (Å²) < 4.78 is 5.15. The molecule has 1 unspecified atom stereocenters. The van der Waals surface area contributed by atoms with Crippen LogP contribution >= 0.6 is 0 Å². The van der Waals surface area contributed by atoms with Gasteiger partial charge in [0, 0.05) is 26.2 Å². The maximum absolute atomic E-state index is 11.5. The number of ether oxygens (including phenoxy) is 1. The summed E-state index contributed by atoms with van der Waals surface area (Å²) in [5, 5.41) is 12.8. The maximum atomic E-state index is 11.5. The summed E-state index contributed by atoms with van der Waals surface area (Å²) in [7, 11) is 0. The first kappa shape index (κ1) is 16.4. The number of carbonyl (C=O) groups is 1. The highest BCUT2D eigenvalue weighted by Gasteiger charge is 2.22. The minimum Gasteiger partial charge on any atom is -0.388 e. The van der Waals surface area contributed by atoms with E-state index in [1.54, 1.807) is 6.92 Å². The Bertz CT molecular complexity index is 215. The van der Waals surface area contributed by atoms with Gasteiger partial charge in [-0.15, -0.1) is 0 Å². The number of amides is 1. The van der Waals surface area contributed by atoms with Crippen LogP contribution in [-0.2, 0) is 9.53 Å². The van der Waals surface area contributed by atoms with Crippen LogP contribution in [-0.4, -0.2) is 36.4 Å². The summed E-state index contributed by atoms with van der Waals surface area (Å²) in [6.07, 6.45) is 1.87. The van der Waals surface area contributed by atoms with Crippen molar-refractivity contribution in [2.75, 3.05) is 19.8 Å². The van der Waals surface area contributed by atoms with Gasteiger partial charge in [-0.1, -0.05) is 13.8 Å². The van der Waals surface area contributed by atoms with Gasteiger partial charge < -0.3 is 15.2 Å². The minimum absolute atomic E-state index is 0.0197. The summed E-state index contributed by atoms with van der Waals surface area (Å²) in [5.74, 6) is 0.397. The number of aliphatic hydroxyl groups is 1. The van der Waals surface area contributed by atoms with Gasteiger partial charge in [0.05, 0.1) is 5.60 Å². The first-order chi connectivity index (χ1) is 7.87. The zero-order valence-electron chi connectivity index (χ0n) is 11.6. The summed E-state index contributed by atoms with van der Waals surface area (Å²) in [6.45, 7) is 9.42. The van der Waals surface area contributed by atoms with Crippen LogP contribution in [0.2, 0.25) is 0 Å². The molecule has 0 rings (SSSR count). The number of carbonyl (C=O) groups excluding carboxylic acids is 1. The van der Waals surface area contributed by atoms with Gasteiger partial charge >= 0.3 is 0 Å². The molecule has 0 spiro atoms. The van der Waals surface area contributed by atoms with Crippen molar-refractivity contribution in [2.45, 2.75) is 52.6 Å². The Balaban J connectivity index is 3.68. The standard InChI is InChI=1S/C13H27NO3/c1-5-17-8-6-7-12(15)14-10-13(4,16)9-11(2)3/h11,16H,5-10H2,1-4H3,(H,14,15). The molecule has 0 saturated heterocycles. The SMILES string of the molecule is CCOCCCC(=O)NCC(C)(O)CC(C)C. The van der Waals surface area contributed by atoms with Crippen LogP contribution < -0.4 is 5.32 Å². The fourth-order valence-electron chi connectivity index (χ4n) is 1.81. The normalized spacial score (nSPS) is 14.7. The van der Waals surface area contributed by atoms with Crippen molar-refractivity contribution in [1.82, 2.24) is 5.32 Å². The first-order valence-corrected chi connectivity index (χ1v) is 6.44. The molecule has 102 valence electrons. The van der Waals surface area contributed by atoms with Crippen molar-refractivity contribution in [1.29, 1.82) is 0 Å². The Kier molecular flexibility index (Phi) is 8.17. The molecule has 2 N–H and O–H groups in total. The fourth-order valence-corrected chi connectivity index (χ4v) is 1.81. The highest BCUT2D eigenvalue weighted by atomic mass is 16.5. The van der Waals surface area contributed by atoms with Gasteiger partial charge in [0.25, 0.3) is 0 Å². The molecule has 0 aromatic carbocycles. The number of hydrogen-bond donors (Lipinski definition) is 2. The van der Waals surface area contributed by atoms with Crippen molar-refractivity contribution in [2.24, 2.45) is 5.92 Å². The van der Waals surface area contributed by atoms with Crippen molar-refractivity contribution in [3.63, 3.8) is 0 Å². The summed E-state index contributed by atoms with van der Waals surface area (Å²) in [6, 6.07) is 0. The third-order valence-corrected chi connectivity index (χ3v) is 2.41. The van der Waals surface area contributed by atoms with Crippen LogP contribution in [0, 0.1) is 5.92 Å². The topological polar surface area (TPSA) is 58.6 Å². The van der Waals surface area contributed by atoms with Crippen molar-refractivity contribution < 1.29 is 14.6 Å². The molecule has 0 radical (unpaired) electrons. The molecule has 0 saturated carbocycles. The van der Waals surface area contributed by atoms with E-state index in [-0.39, 0.29) is 5.91 Å². The van der Waals surface area contributed by atoms with E-state index >= 15 is 0 Å². The van der Waals surface area contributed by atoms with Crippen LogP contribution in [0.5, 0.6) is 0 Å². The molecule has 1 amide bonds. The summed E-state index contributed by atoms with van der Waals surface area (Å²) in [5.41, 5.74) is -0.816. The largest absolute Gasteiger partial charge is 0.388 e. The molecule has 0 bridgehead atoms. The first-order valence-electron chi connectivity index (χ1n) is 6.44. The molecule has 4 heteroatoms. The lowest BCUT2D eigenvalue weighted by Gasteiger charge is -2.25. The van der Waals surface area contributed by atoms with Gasteiger partial charge in [0.1, 0.15) is 0 Å². The lowest BCUT2D eigenvalue weighted by atomic mass is 9.94. The van der Waals surface area contributed by atoms with E-state index in [0.717, 1.165) is 6.42 Å². The quantitative estimate of drug-likeness (QED) is 0.608. The smallest absolute Gasteiger partial charge is 0.220 e. The fraction of sp³-hybridized carbons (Fsp3) is 0.923. The lowest BCUT2D eigenvalue weighted by Crippen LogP contribution is -2.41. The molecule has 0 aliphatic rings. The predicted molar refractivity (Wildman–Crippen MR) is 68.8 cm³/mol. The van der Waals surface area contributed by atoms with Gasteiger partial charge in [-0.05, 0) is 32.6 Å². The third-order valence-electron chi connectivity index (χ3n) is 2.41. The maximum Gasteiger partial charge on any atom is 0.220 e. The van der Waals surface area contributed by atoms with Crippen LogP contribution in [0.1, 0.15) is 47.0 Å². The average molecular weight is 245 g/mol. The van der Waals surface area contributed by atoms with Gasteiger partial charge in [-0.3, -0.25) is 4.79 Å². The molecular weight excluding hydrogens is 218 g/mol. The van der Waals surface area contributed by atoms with E-state index in [1.165, 1.54) is 0 Å². The molecule has 0 aliphatic carbocycles. The Morgan fingerprint density at radius 1 is 1.47 bits per heavy atom. The van der Waals surface area contributed by atoms with E-state index in [1.807, 2.05) is 6.92 Å². The molecule has 0 aromatic rings. The highest BCUT2D eigenvalue weighted by Crippen LogP contribution is 2.14. The lowest BCUT2D eigenvalue weighted by molar-refractivity contribution is -0.122. The second kappa shape index (κ2) is 8.48. The molecule has 0 aliphatic heterocycles. The Hall–Kier alpha value is -0.610. The van der Waals surface area contributed by atoms with Crippen molar-refractivity contribution >= 4 is 5.91 Å². The van der Waals surface area contributed by atoms with Crippen LogP contribution in [0.25, 0.3) is 0 Å². The molecule has 1 atom stereocenters. The van der Waals surface area contributed by atoms with Gasteiger partial charge in [0.15, 0.2) is 0 Å². The Morgan fingerprint density at radius 3 is 2.65 bits per heavy atom. The van der Waals surface area contributed by atoms with E-state index < -0.39 is 5.60 Å². The molecule has 4 nitrogen and oxygen atoms in total. The predicted octanol–water partition coefficient (Wildman–Crippen LogP) is 1.72. The average Bonchev–Trinajstić information content (AvgIpc) is 2.20. The van der Waals surface area contributed by atoms with Crippen LogP contribution in [0.4, 0.5) is 0 Å². The number of rotatable bonds is 9. The monoisotopic (exact) mass is 245 g/mol. The molecule has 17 heavy (non-hydrogen) atoms. The summed E-state index contributed by atoms with van der Waals surface area (Å²) >= 11 is 0. The molecule has 0 heterocycles. The van der Waals surface area contributed by atoms with E-state index in [0.29, 0.717) is 38.5 Å². The third kappa shape index (κ3) is 10.3. The van der Waals surface area contributed by atoms with E-state index in [9.17, 15) is 9.90 Å². The van der Waals surface area contributed by atoms with Crippen LogP contribution in [0.3, 0.4) is 0 Å². The zero-order valence-corrected chi connectivity index (χ0v) is 11.6. The molecular formula is C13H27NO3. The molecule has 0 fully saturated rings. The van der Waals surface area contributed by atoms with Crippen molar-refractivity contribution in [3.05, 3.63) is 0 Å². The zero-order chi connectivity index (χ0) is 13.3. The van der Waals surface area contributed by atoms with E-state index in [2.05, 4.69) is 19.2 Å². The second-order valence-corrected chi connectivity index (χ2v) is 5.17. The minimum atomic E-state index is -0.816. The Labute approximate surface area is 105 Å². The van der Waals surface area contributed by atoms with Crippen molar-refractivity contribution in [3.8, 4) is 0 Å². The van der Waals surface area contributed by atoms with E-state index in [4.69, 9.17) is 4.74 Å².